The molecule has 1 aliphatic rings. The molecule has 21 heavy (non-hydrogen) atoms. The standard InChI is InChI=1S/C14H21N3O4/c1-10(18)20-9-12-7-13(21-17-12)8-15-14(19)16-11-5-3-2-4-6-11/h7,11H,2-6,8-9H2,1H3,(H2,15,16,19). The van der Waals surface area contributed by atoms with Crippen molar-refractivity contribution in [2.24, 2.45) is 0 Å². The van der Waals surface area contributed by atoms with E-state index in [4.69, 9.17) is 9.26 Å². The van der Waals surface area contributed by atoms with Crippen molar-refractivity contribution in [3.05, 3.63) is 17.5 Å². The first kappa shape index (κ1) is 15.3. The molecule has 2 rings (SSSR count). The number of carbonyl (C=O) groups excluding carboxylic acids is 2. The Morgan fingerprint density at radius 1 is 1.38 bits per heavy atom. The van der Waals surface area contributed by atoms with E-state index in [1.807, 2.05) is 0 Å². The van der Waals surface area contributed by atoms with Crippen LogP contribution in [0.3, 0.4) is 0 Å². The van der Waals surface area contributed by atoms with Crippen LogP contribution >= 0.6 is 0 Å². The molecule has 0 aliphatic heterocycles. The van der Waals surface area contributed by atoms with Gasteiger partial charge >= 0.3 is 12.0 Å². The number of esters is 1. The van der Waals surface area contributed by atoms with Gasteiger partial charge in [0.2, 0.25) is 0 Å². The van der Waals surface area contributed by atoms with E-state index < -0.39 is 0 Å². The van der Waals surface area contributed by atoms with E-state index in [0.717, 1.165) is 12.8 Å². The van der Waals surface area contributed by atoms with Crippen LogP contribution in [-0.4, -0.2) is 23.2 Å². The van der Waals surface area contributed by atoms with Crippen LogP contribution < -0.4 is 10.6 Å². The summed E-state index contributed by atoms with van der Waals surface area (Å²) in [5, 5.41) is 9.45. The Labute approximate surface area is 123 Å². The van der Waals surface area contributed by atoms with Gasteiger partial charge in [-0.3, -0.25) is 4.79 Å². The van der Waals surface area contributed by atoms with E-state index in [2.05, 4.69) is 15.8 Å². The number of hydrogen-bond donors (Lipinski definition) is 2. The van der Waals surface area contributed by atoms with Crippen LogP contribution in [-0.2, 0) is 22.7 Å². The summed E-state index contributed by atoms with van der Waals surface area (Å²) in [6.45, 7) is 1.66. The molecule has 1 aliphatic carbocycles. The summed E-state index contributed by atoms with van der Waals surface area (Å²) < 4.78 is 9.86. The molecule has 0 radical (unpaired) electrons. The fourth-order valence-corrected chi connectivity index (χ4v) is 2.33. The summed E-state index contributed by atoms with van der Waals surface area (Å²) in [7, 11) is 0. The zero-order valence-corrected chi connectivity index (χ0v) is 12.2. The van der Waals surface area contributed by atoms with Crippen molar-refractivity contribution in [3.8, 4) is 0 Å². The summed E-state index contributed by atoms with van der Waals surface area (Å²) in [5.74, 6) is 0.153. The van der Waals surface area contributed by atoms with Crippen LogP contribution in [0.15, 0.2) is 10.6 Å². The van der Waals surface area contributed by atoms with Crippen molar-refractivity contribution < 1.29 is 18.8 Å². The molecule has 1 heterocycles. The van der Waals surface area contributed by atoms with Crippen LogP contribution in [0.2, 0.25) is 0 Å². The molecule has 2 amide bonds. The predicted octanol–water partition coefficient (Wildman–Crippen LogP) is 1.87. The van der Waals surface area contributed by atoms with Crippen LogP contribution in [0.1, 0.15) is 50.5 Å². The highest BCUT2D eigenvalue weighted by Crippen LogP contribution is 2.17. The Hall–Kier alpha value is -2.05. The summed E-state index contributed by atoms with van der Waals surface area (Å²) in [4.78, 5) is 22.4. The minimum atomic E-state index is -0.371. The second-order valence-electron chi connectivity index (χ2n) is 5.23. The maximum absolute atomic E-state index is 11.8. The first-order valence-corrected chi connectivity index (χ1v) is 7.25. The molecule has 0 atom stereocenters. The van der Waals surface area contributed by atoms with Crippen LogP contribution in [0, 0.1) is 0 Å². The number of carbonyl (C=O) groups is 2. The summed E-state index contributed by atoms with van der Waals surface area (Å²) in [6, 6.07) is 1.73. The molecule has 1 saturated carbocycles. The van der Waals surface area contributed by atoms with Crippen LogP contribution in [0.5, 0.6) is 0 Å². The minimum absolute atomic E-state index is 0.0765. The lowest BCUT2D eigenvalue weighted by atomic mass is 9.96. The van der Waals surface area contributed by atoms with Gasteiger partial charge in [0.25, 0.3) is 0 Å². The number of nitrogens with one attached hydrogen (secondary N) is 2. The quantitative estimate of drug-likeness (QED) is 0.809. The molecule has 0 bridgehead atoms. The number of ether oxygens (including phenoxy) is 1. The first-order valence-electron chi connectivity index (χ1n) is 7.25. The Morgan fingerprint density at radius 3 is 2.86 bits per heavy atom. The highest BCUT2D eigenvalue weighted by molar-refractivity contribution is 5.74. The SMILES string of the molecule is CC(=O)OCc1cc(CNC(=O)NC2CCCCC2)on1. The van der Waals surface area contributed by atoms with E-state index in [9.17, 15) is 9.59 Å². The maximum atomic E-state index is 11.8. The van der Waals surface area contributed by atoms with Gasteiger partial charge in [0.05, 0.1) is 6.54 Å². The molecule has 0 spiro atoms. The zero-order valence-electron chi connectivity index (χ0n) is 12.2. The number of rotatable bonds is 5. The molecule has 7 nitrogen and oxygen atoms in total. The van der Waals surface area contributed by atoms with E-state index in [1.165, 1.54) is 26.2 Å². The monoisotopic (exact) mass is 295 g/mol. The van der Waals surface area contributed by atoms with Crippen LogP contribution in [0.4, 0.5) is 4.79 Å². The van der Waals surface area contributed by atoms with E-state index in [1.54, 1.807) is 6.07 Å². The number of amides is 2. The second-order valence-corrected chi connectivity index (χ2v) is 5.23. The lowest BCUT2D eigenvalue weighted by Crippen LogP contribution is -2.42. The lowest BCUT2D eigenvalue weighted by molar-refractivity contribution is -0.142. The van der Waals surface area contributed by atoms with Gasteiger partial charge in [0.1, 0.15) is 12.3 Å². The molecule has 1 aromatic rings. The fraction of sp³-hybridized carbons (Fsp3) is 0.643. The maximum Gasteiger partial charge on any atom is 0.315 e. The Kier molecular flexibility index (Phi) is 5.59. The molecule has 2 N–H and O–H groups in total. The highest BCUT2D eigenvalue weighted by atomic mass is 16.5. The Balaban J connectivity index is 1.69. The predicted molar refractivity (Wildman–Crippen MR) is 74.2 cm³/mol. The number of hydrogen-bond acceptors (Lipinski definition) is 5. The molecule has 0 aromatic carbocycles. The highest BCUT2D eigenvalue weighted by Gasteiger charge is 2.15. The molecular formula is C14H21N3O4. The third-order valence-corrected chi connectivity index (χ3v) is 3.39. The normalized spacial score (nSPS) is 15.5. The average molecular weight is 295 g/mol. The van der Waals surface area contributed by atoms with E-state index in [0.29, 0.717) is 11.5 Å². The van der Waals surface area contributed by atoms with Crippen molar-refractivity contribution in [1.82, 2.24) is 15.8 Å². The zero-order chi connectivity index (χ0) is 15.1. The third-order valence-electron chi connectivity index (χ3n) is 3.39. The van der Waals surface area contributed by atoms with Gasteiger partial charge in [-0.25, -0.2) is 4.79 Å². The molecule has 7 heteroatoms. The second kappa shape index (κ2) is 7.66. The van der Waals surface area contributed by atoms with Gasteiger partial charge in [-0.05, 0) is 12.8 Å². The summed E-state index contributed by atoms with van der Waals surface area (Å²) in [6.07, 6.45) is 5.69. The van der Waals surface area contributed by atoms with E-state index in [-0.39, 0.29) is 31.2 Å². The molecule has 1 fully saturated rings. The molecule has 1 aromatic heterocycles. The largest absolute Gasteiger partial charge is 0.459 e. The smallest absolute Gasteiger partial charge is 0.315 e. The molecular weight excluding hydrogens is 274 g/mol. The van der Waals surface area contributed by atoms with Crippen LogP contribution in [0.25, 0.3) is 0 Å². The summed E-state index contributed by atoms with van der Waals surface area (Å²) in [5.41, 5.74) is 0.523. The Morgan fingerprint density at radius 2 is 2.14 bits per heavy atom. The van der Waals surface area contributed by atoms with Gasteiger partial charge in [0.15, 0.2) is 5.76 Å². The van der Waals surface area contributed by atoms with Gasteiger partial charge in [0, 0.05) is 19.0 Å². The van der Waals surface area contributed by atoms with Crippen molar-refractivity contribution in [1.29, 1.82) is 0 Å². The number of aromatic nitrogens is 1. The number of urea groups is 1. The fourth-order valence-electron chi connectivity index (χ4n) is 2.33. The molecule has 0 saturated heterocycles. The minimum Gasteiger partial charge on any atom is -0.459 e. The summed E-state index contributed by atoms with van der Waals surface area (Å²) >= 11 is 0. The Bertz CT molecular complexity index is 480. The number of nitrogens with zero attached hydrogens (tertiary/aromatic N) is 1. The van der Waals surface area contributed by atoms with Gasteiger partial charge in [-0.2, -0.15) is 0 Å². The van der Waals surface area contributed by atoms with E-state index >= 15 is 0 Å². The van der Waals surface area contributed by atoms with Crippen molar-refractivity contribution in [2.75, 3.05) is 0 Å². The van der Waals surface area contributed by atoms with Crippen molar-refractivity contribution >= 4 is 12.0 Å². The molecule has 116 valence electrons. The molecule has 0 unspecified atom stereocenters. The topological polar surface area (TPSA) is 93.5 Å². The van der Waals surface area contributed by atoms with Gasteiger partial charge in [-0.15, -0.1) is 0 Å². The van der Waals surface area contributed by atoms with Crippen molar-refractivity contribution in [2.45, 2.75) is 58.2 Å². The van der Waals surface area contributed by atoms with Crippen molar-refractivity contribution in [3.63, 3.8) is 0 Å². The lowest BCUT2D eigenvalue weighted by Gasteiger charge is -2.22. The average Bonchev–Trinajstić information content (AvgIpc) is 2.92. The van der Waals surface area contributed by atoms with Gasteiger partial charge in [-0.1, -0.05) is 24.4 Å². The first-order chi connectivity index (χ1) is 10.1. The third kappa shape index (κ3) is 5.45. The van der Waals surface area contributed by atoms with Gasteiger partial charge < -0.3 is 19.9 Å².